The highest BCUT2D eigenvalue weighted by atomic mass is 16.2. The predicted octanol–water partition coefficient (Wildman–Crippen LogP) is -0.911. The van der Waals surface area contributed by atoms with Gasteiger partial charge in [-0.3, -0.25) is 13.9 Å². The first kappa shape index (κ1) is 9.82. The van der Waals surface area contributed by atoms with E-state index in [0.29, 0.717) is 11.5 Å². The Morgan fingerprint density at radius 1 is 0.933 bits per heavy atom. The van der Waals surface area contributed by atoms with Gasteiger partial charge >= 0.3 is 5.69 Å². The molecule has 0 bridgehead atoms. The molecule has 1 aliphatic heterocycles. The summed E-state index contributed by atoms with van der Waals surface area (Å²) in [6.07, 6.45) is 0. The van der Waals surface area contributed by atoms with Crippen molar-refractivity contribution in [2.75, 3.05) is 23.9 Å². The fraction of sp³-hybridized carbons (Fsp3) is 0.444. The van der Waals surface area contributed by atoms with Crippen molar-refractivity contribution in [1.82, 2.24) is 9.13 Å². The summed E-state index contributed by atoms with van der Waals surface area (Å²) in [6, 6.07) is 0. The molecular weight excluding hydrogens is 196 g/mol. The molecule has 0 N–H and O–H groups in total. The molecule has 0 fully saturated rings. The Balaban J connectivity index is 2.93. The van der Waals surface area contributed by atoms with Crippen molar-refractivity contribution in [1.29, 1.82) is 0 Å². The summed E-state index contributed by atoms with van der Waals surface area (Å²) in [5.74, 6) is 0.630. The van der Waals surface area contributed by atoms with Gasteiger partial charge in [0.2, 0.25) is 0 Å². The molecule has 1 radical (unpaired) electrons. The Morgan fingerprint density at radius 2 is 1.53 bits per heavy atom. The lowest BCUT2D eigenvalue weighted by Crippen LogP contribution is -2.38. The van der Waals surface area contributed by atoms with E-state index in [0.717, 1.165) is 4.57 Å². The van der Waals surface area contributed by atoms with Crippen molar-refractivity contribution in [2.24, 2.45) is 14.1 Å². The molecule has 6 nitrogen and oxygen atoms in total. The highest BCUT2D eigenvalue weighted by Gasteiger charge is 2.28. The van der Waals surface area contributed by atoms with E-state index in [1.165, 1.54) is 11.6 Å². The Morgan fingerprint density at radius 3 is 2.13 bits per heavy atom. The largest absolute Gasteiger partial charge is 0.343 e. The summed E-state index contributed by atoms with van der Waals surface area (Å²) >= 11 is 0. The topological polar surface area (TPSA) is 50.5 Å². The van der Waals surface area contributed by atoms with Gasteiger partial charge in [-0.05, 0) is 0 Å². The van der Waals surface area contributed by atoms with Gasteiger partial charge in [0.1, 0.15) is 18.2 Å². The number of nitrogens with zero attached hydrogens (tertiary/aromatic N) is 4. The molecule has 2 rings (SSSR count). The van der Waals surface area contributed by atoms with Crippen LogP contribution in [0, 0.1) is 6.67 Å². The maximum Gasteiger partial charge on any atom is 0.332 e. The van der Waals surface area contributed by atoms with Crippen LogP contribution in [-0.4, -0.2) is 23.2 Å². The fourth-order valence-corrected chi connectivity index (χ4v) is 1.90. The molecule has 1 aromatic heterocycles. The summed E-state index contributed by atoms with van der Waals surface area (Å²) < 4.78 is 2.58. The lowest BCUT2D eigenvalue weighted by atomic mass is 10.4. The molecule has 1 aromatic rings. The van der Waals surface area contributed by atoms with Crippen molar-refractivity contribution in [2.45, 2.75) is 0 Å². The van der Waals surface area contributed by atoms with Crippen LogP contribution in [0.5, 0.6) is 0 Å². The van der Waals surface area contributed by atoms with Gasteiger partial charge < -0.3 is 9.80 Å². The Kier molecular flexibility index (Phi) is 1.89. The predicted molar refractivity (Wildman–Crippen MR) is 58.0 cm³/mol. The molecule has 81 valence electrons. The molecule has 0 saturated heterocycles. The third-order valence-corrected chi connectivity index (χ3v) is 2.64. The standard InChI is InChI=1S/C9H13N4O2/c1-10-5-11(2)7-6(10)8(14)13(4)9(15)12(7)3/h5H,1-4H3. The summed E-state index contributed by atoms with van der Waals surface area (Å²) in [5.41, 5.74) is -0.0485. The zero-order valence-electron chi connectivity index (χ0n) is 9.18. The quantitative estimate of drug-likeness (QED) is 0.555. The highest BCUT2D eigenvalue weighted by Crippen LogP contribution is 2.30. The normalized spacial score (nSPS) is 14.7. The van der Waals surface area contributed by atoms with Crippen LogP contribution >= 0.6 is 0 Å². The van der Waals surface area contributed by atoms with Crippen molar-refractivity contribution in [3.63, 3.8) is 0 Å². The summed E-state index contributed by atoms with van der Waals surface area (Å²) in [7, 11) is 6.73. The molecule has 0 unspecified atom stereocenters. The minimum Gasteiger partial charge on any atom is -0.343 e. The second-order valence-corrected chi connectivity index (χ2v) is 3.72. The van der Waals surface area contributed by atoms with Gasteiger partial charge in [-0.25, -0.2) is 4.79 Å². The van der Waals surface area contributed by atoms with Crippen LogP contribution in [0.2, 0.25) is 0 Å². The monoisotopic (exact) mass is 209 g/mol. The third-order valence-electron chi connectivity index (χ3n) is 2.64. The van der Waals surface area contributed by atoms with E-state index in [2.05, 4.69) is 0 Å². The maximum atomic E-state index is 11.9. The molecule has 0 saturated carbocycles. The average molecular weight is 209 g/mol. The first-order chi connectivity index (χ1) is 6.95. The number of hydrogen-bond donors (Lipinski definition) is 0. The minimum atomic E-state index is -0.311. The van der Waals surface area contributed by atoms with E-state index in [9.17, 15) is 9.59 Å². The van der Waals surface area contributed by atoms with Crippen LogP contribution in [0.4, 0.5) is 11.5 Å². The van der Waals surface area contributed by atoms with E-state index in [-0.39, 0.29) is 11.2 Å². The number of rotatable bonds is 0. The molecular formula is C9H13N4O2. The van der Waals surface area contributed by atoms with Gasteiger partial charge in [0, 0.05) is 28.2 Å². The molecule has 0 spiro atoms. The van der Waals surface area contributed by atoms with Gasteiger partial charge in [-0.15, -0.1) is 0 Å². The van der Waals surface area contributed by atoms with Crippen LogP contribution < -0.4 is 21.0 Å². The third kappa shape index (κ3) is 1.10. The van der Waals surface area contributed by atoms with E-state index in [4.69, 9.17) is 0 Å². The van der Waals surface area contributed by atoms with E-state index >= 15 is 0 Å². The Labute approximate surface area is 87.0 Å². The van der Waals surface area contributed by atoms with Gasteiger partial charge in [0.25, 0.3) is 5.56 Å². The summed E-state index contributed by atoms with van der Waals surface area (Å²) in [5, 5.41) is 0. The van der Waals surface area contributed by atoms with Crippen LogP contribution in [0.15, 0.2) is 9.59 Å². The van der Waals surface area contributed by atoms with Gasteiger partial charge in [-0.2, -0.15) is 0 Å². The van der Waals surface area contributed by atoms with E-state index < -0.39 is 0 Å². The Bertz CT molecular complexity index is 528. The SMILES string of the molecule is CN1[CH]N(C)c2c1c(=O)n(C)c(=O)n2C. The smallest absolute Gasteiger partial charge is 0.332 e. The molecule has 0 aliphatic carbocycles. The minimum absolute atomic E-state index is 0.267. The molecule has 2 heterocycles. The number of aromatic nitrogens is 2. The lowest BCUT2D eigenvalue weighted by Gasteiger charge is -2.13. The van der Waals surface area contributed by atoms with Gasteiger partial charge in [0.15, 0.2) is 0 Å². The van der Waals surface area contributed by atoms with E-state index in [1.54, 1.807) is 37.6 Å². The van der Waals surface area contributed by atoms with Crippen molar-refractivity contribution >= 4 is 11.5 Å². The van der Waals surface area contributed by atoms with Crippen molar-refractivity contribution < 1.29 is 0 Å². The molecule has 0 amide bonds. The molecule has 1 aliphatic rings. The molecule has 0 atom stereocenters. The van der Waals surface area contributed by atoms with Crippen LogP contribution in [0.25, 0.3) is 0 Å². The number of fused-ring (bicyclic) bond motifs is 1. The van der Waals surface area contributed by atoms with Crippen molar-refractivity contribution in [3.05, 3.63) is 27.5 Å². The van der Waals surface area contributed by atoms with Crippen LogP contribution in [0.1, 0.15) is 0 Å². The fourth-order valence-electron chi connectivity index (χ4n) is 1.90. The van der Waals surface area contributed by atoms with Gasteiger partial charge in [0.05, 0.1) is 0 Å². The molecule has 6 heteroatoms. The van der Waals surface area contributed by atoms with Crippen LogP contribution in [-0.2, 0) is 14.1 Å². The lowest BCUT2D eigenvalue weighted by molar-refractivity contribution is 0.690. The first-order valence-corrected chi connectivity index (χ1v) is 4.56. The zero-order chi connectivity index (χ0) is 11.3. The van der Waals surface area contributed by atoms with E-state index in [1.807, 2.05) is 0 Å². The maximum absolute atomic E-state index is 11.9. The van der Waals surface area contributed by atoms with Gasteiger partial charge in [-0.1, -0.05) is 0 Å². The second kappa shape index (κ2) is 2.88. The molecule has 0 aromatic carbocycles. The average Bonchev–Trinajstić information content (AvgIpc) is 2.47. The second-order valence-electron chi connectivity index (χ2n) is 3.72. The zero-order valence-corrected chi connectivity index (χ0v) is 9.18. The van der Waals surface area contributed by atoms with Crippen molar-refractivity contribution in [3.8, 4) is 0 Å². The molecule has 15 heavy (non-hydrogen) atoms. The number of hydrogen-bond acceptors (Lipinski definition) is 4. The highest BCUT2D eigenvalue weighted by molar-refractivity contribution is 5.73. The first-order valence-electron chi connectivity index (χ1n) is 4.56. The Hall–Kier alpha value is -1.72. The number of anilines is 2. The van der Waals surface area contributed by atoms with Crippen LogP contribution in [0.3, 0.4) is 0 Å². The summed E-state index contributed by atoms with van der Waals surface area (Å²) in [6.45, 7) is 1.77. The summed E-state index contributed by atoms with van der Waals surface area (Å²) in [4.78, 5) is 27.0.